The van der Waals surface area contributed by atoms with E-state index in [4.69, 9.17) is 4.74 Å². The van der Waals surface area contributed by atoms with E-state index in [0.717, 1.165) is 25.0 Å². The van der Waals surface area contributed by atoms with Crippen LogP contribution < -0.4 is 0 Å². The second-order valence-electron chi connectivity index (χ2n) is 3.84. The van der Waals surface area contributed by atoms with Gasteiger partial charge in [-0.05, 0) is 25.8 Å². The lowest BCUT2D eigenvalue weighted by Crippen LogP contribution is -2.13. The summed E-state index contributed by atoms with van der Waals surface area (Å²) in [5.74, 6) is 0.982. The molecule has 0 aliphatic heterocycles. The van der Waals surface area contributed by atoms with E-state index in [1.54, 1.807) is 14.0 Å². The number of ether oxygens (including phenoxy) is 1. The monoisotopic (exact) mass is 208 g/mol. The molecule has 0 saturated heterocycles. The third-order valence-corrected chi connectivity index (χ3v) is 2.54. The Labute approximate surface area is 92.0 Å². The van der Waals surface area contributed by atoms with Crippen molar-refractivity contribution < 1.29 is 9.84 Å². The quantitative estimate of drug-likeness (QED) is 0.707. The van der Waals surface area contributed by atoms with Gasteiger partial charge < -0.3 is 9.84 Å². The van der Waals surface area contributed by atoms with Crippen LogP contribution in [0.5, 0.6) is 0 Å². The maximum absolute atomic E-state index is 9.60. The van der Waals surface area contributed by atoms with E-state index in [2.05, 4.69) is 24.3 Å². The number of hydrogen-bond acceptors (Lipinski definition) is 2. The third-order valence-electron chi connectivity index (χ3n) is 2.54. The molecule has 0 aromatic rings. The number of allylic oxidation sites excluding steroid dienone is 3. The van der Waals surface area contributed by atoms with Crippen molar-refractivity contribution in [1.29, 1.82) is 0 Å². The van der Waals surface area contributed by atoms with E-state index in [0.29, 0.717) is 0 Å². The number of aliphatic hydroxyl groups is 1. The van der Waals surface area contributed by atoms with Crippen molar-refractivity contribution in [2.24, 2.45) is 5.92 Å². The molecule has 0 spiro atoms. The Kier molecular flexibility index (Phi) is 5.19. The number of aliphatic hydroxyl groups excluding tert-OH is 1. The first kappa shape index (κ1) is 12.1. The van der Waals surface area contributed by atoms with Crippen LogP contribution in [0.25, 0.3) is 0 Å². The highest BCUT2D eigenvalue weighted by atomic mass is 16.5. The Bertz CT molecular complexity index is 262. The average Bonchev–Trinajstić information content (AvgIpc) is 2.24. The van der Waals surface area contributed by atoms with Crippen LogP contribution in [0.2, 0.25) is 0 Å². The first-order valence-electron chi connectivity index (χ1n) is 5.48. The molecule has 2 heteroatoms. The maximum atomic E-state index is 9.60. The van der Waals surface area contributed by atoms with Gasteiger partial charge in [0, 0.05) is 12.3 Å². The second kappa shape index (κ2) is 6.46. The first-order valence-corrected chi connectivity index (χ1v) is 5.48. The Morgan fingerprint density at radius 3 is 2.73 bits per heavy atom. The van der Waals surface area contributed by atoms with E-state index in [1.807, 2.05) is 6.08 Å². The summed E-state index contributed by atoms with van der Waals surface area (Å²) in [6.07, 6.45) is 13.0. The predicted molar refractivity (Wildman–Crippen MR) is 62.4 cm³/mol. The van der Waals surface area contributed by atoms with E-state index >= 15 is 0 Å². The molecule has 15 heavy (non-hydrogen) atoms. The smallest absolute Gasteiger partial charge is 0.0960 e. The van der Waals surface area contributed by atoms with Gasteiger partial charge in [-0.15, -0.1) is 0 Å². The van der Waals surface area contributed by atoms with Crippen LogP contribution >= 0.6 is 0 Å². The van der Waals surface area contributed by atoms with E-state index in [9.17, 15) is 5.11 Å². The van der Waals surface area contributed by atoms with E-state index in [-0.39, 0.29) is 12.0 Å². The highest BCUT2D eigenvalue weighted by Crippen LogP contribution is 2.16. The standard InChI is InChI=1S/C13H20O2/c1-11(14)12-8-6-4-3-5-7-9-13(10-12)15-2/h5-8,10-12,14H,3-4,9H2,1-2H3/b7-5?,8-6?,13-10+. The van der Waals surface area contributed by atoms with Crippen LogP contribution in [-0.4, -0.2) is 18.3 Å². The molecule has 1 aliphatic rings. The molecule has 1 aliphatic carbocycles. The lowest BCUT2D eigenvalue weighted by molar-refractivity contribution is 0.165. The zero-order valence-corrected chi connectivity index (χ0v) is 9.52. The first-order chi connectivity index (χ1) is 7.24. The van der Waals surface area contributed by atoms with Gasteiger partial charge in [0.05, 0.1) is 19.0 Å². The van der Waals surface area contributed by atoms with Crippen molar-refractivity contribution in [1.82, 2.24) is 0 Å². The van der Waals surface area contributed by atoms with Crippen molar-refractivity contribution in [2.75, 3.05) is 7.11 Å². The summed E-state index contributed by atoms with van der Waals surface area (Å²) in [5, 5.41) is 9.60. The highest BCUT2D eigenvalue weighted by Gasteiger charge is 2.10. The Balaban J connectivity index is 2.81. The second-order valence-corrected chi connectivity index (χ2v) is 3.84. The molecule has 1 rings (SSSR count). The van der Waals surface area contributed by atoms with Crippen LogP contribution in [0.4, 0.5) is 0 Å². The summed E-state index contributed by atoms with van der Waals surface area (Å²) >= 11 is 0. The molecule has 1 N–H and O–H groups in total. The molecule has 2 unspecified atom stereocenters. The van der Waals surface area contributed by atoms with Crippen molar-refractivity contribution in [3.8, 4) is 0 Å². The summed E-state index contributed by atoms with van der Waals surface area (Å²) < 4.78 is 5.27. The fraction of sp³-hybridized carbons (Fsp3) is 0.538. The van der Waals surface area contributed by atoms with Gasteiger partial charge in [-0.25, -0.2) is 0 Å². The molecular weight excluding hydrogens is 188 g/mol. The predicted octanol–water partition coefficient (Wildman–Crippen LogP) is 2.81. The molecule has 0 heterocycles. The van der Waals surface area contributed by atoms with E-state index < -0.39 is 0 Å². The lowest BCUT2D eigenvalue weighted by Gasteiger charge is -2.14. The number of hydrogen-bond donors (Lipinski definition) is 1. The topological polar surface area (TPSA) is 29.5 Å². The zero-order chi connectivity index (χ0) is 11.1. The van der Waals surface area contributed by atoms with Crippen molar-refractivity contribution >= 4 is 0 Å². The van der Waals surface area contributed by atoms with Gasteiger partial charge >= 0.3 is 0 Å². The number of rotatable bonds is 2. The van der Waals surface area contributed by atoms with Crippen LogP contribution in [-0.2, 0) is 4.74 Å². The summed E-state index contributed by atoms with van der Waals surface area (Å²) in [5.41, 5.74) is 0. The van der Waals surface area contributed by atoms with Gasteiger partial charge in [-0.2, -0.15) is 0 Å². The molecule has 0 bridgehead atoms. The number of methoxy groups -OCH3 is 1. The maximum Gasteiger partial charge on any atom is 0.0960 e. The lowest BCUT2D eigenvalue weighted by atomic mass is 10.00. The fourth-order valence-corrected chi connectivity index (χ4v) is 1.55. The van der Waals surface area contributed by atoms with Gasteiger partial charge in [0.2, 0.25) is 0 Å². The van der Waals surface area contributed by atoms with Gasteiger partial charge in [0.1, 0.15) is 0 Å². The summed E-state index contributed by atoms with van der Waals surface area (Å²) in [7, 11) is 1.67. The van der Waals surface area contributed by atoms with Gasteiger partial charge in [0.25, 0.3) is 0 Å². The van der Waals surface area contributed by atoms with Crippen LogP contribution in [0.3, 0.4) is 0 Å². The summed E-state index contributed by atoms with van der Waals surface area (Å²) in [4.78, 5) is 0. The van der Waals surface area contributed by atoms with Crippen LogP contribution in [0, 0.1) is 5.92 Å². The molecule has 0 fully saturated rings. The minimum absolute atomic E-state index is 0.0615. The van der Waals surface area contributed by atoms with Gasteiger partial charge in [-0.3, -0.25) is 0 Å². The van der Waals surface area contributed by atoms with Crippen LogP contribution in [0.15, 0.2) is 36.1 Å². The van der Waals surface area contributed by atoms with Crippen molar-refractivity contribution in [3.05, 3.63) is 36.1 Å². The van der Waals surface area contributed by atoms with Gasteiger partial charge in [0.15, 0.2) is 0 Å². The molecular formula is C13H20O2. The third kappa shape index (κ3) is 4.34. The van der Waals surface area contributed by atoms with Crippen molar-refractivity contribution in [3.63, 3.8) is 0 Å². The molecule has 84 valence electrons. The van der Waals surface area contributed by atoms with Gasteiger partial charge in [-0.1, -0.05) is 24.3 Å². The molecule has 2 atom stereocenters. The van der Waals surface area contributed by atoms with E-state index in [1.165, 1.54) is 0 Å². The Morgan fingerprint density at radius 2 is 2.07 bits per heavy atom. The molecule has 0 aromatic carbocycles. The minimum Gasteiger partial charge on any atom is -0.501 e. The Morgan fingerprint density at radius 1 is 1.33 bits per heavy atom. The molecule has 0 radical (unpaired) electrons. The summed E-state index contributed by atoms with van der Waals surface area (Å²) in [6, 6.07) is 0. The summed E-state index contributed by atoms with van der Waals surface area (Å²) in [6.45, 7) is 1.81. The minimum atomic E-state index is -0.366. The zero-order valence-electron chi connectivity index (χ0n) is 9.52. The van der Waals surface area contributed by atoms with Crippen LogP contribution in [0.1, 0.15) is 26.2 Å². The normalized spacial score (nSPS) is 27.9. The largest absolute Gasteiger partial charge is 0.501 e. The average molecular weight is 208 g/mol. The molecule has 0 saturated carbocycles. The fourth-order valence-electron chi connectivity index (χ4n) is 1.55. The van der Waals surface area contributed by atoms with Crippen molar-refractivity contribution in [2.45, 2.75) is 32.3 Å². The molecule has 2 nitrogen and oxygen atoms in total. The Hall–Kier alpha value is -1.02. The molecule has 0 aromatic heterocycles. The molecule has 0 amide bonds. The highest BCUT2D eigenvalue weighted by molar-refractivity contribution is 5.10. The SMILES string of the molecule is CO/C1=C/C(C(C)O)C=CCCC=CC1.